The molecule has 1 heterocycles. The van der Waals surface area contributed by atoms with Crippen LogP contribution in [0.25, 0.3) is 0 Å². The molecule has 1 rings (SSSR count). The predicted octanol–water partition coefficient (Wildman–Crippen LogP) is 0.278. The highest BCUT2D eigenvalue weighted by Gasteiger charge is 2.33. The molecule has 2 N–H and O–H groups in total. The van der Waals surface area contributed by atoms with Gasteiger partial charge in [-0.05, 0) is 19.4 Å². The average molecular weight is 213 g/mol. The highest BCUT2D eigenvalue weighted by Crippen LogP contribution is 2.15. The van der Waals surface area contributed by atoms with Crippen molar-refractivity contribution in [2.24, 2.45) is 5.73 Å². The number of hydrogen-bond acceptors (Lipinski definition) is 3. The second kappa shape index (κ2) is 6.08. The van der Waals surface area contributed by atoms with Crippen molar-refractivity contribution >= 4 is 5.91 Å². The first-order valence-corrected chi connectivity index (χ1v) is 5.89. The van der Waals surface area contributed by atoms with Crippen molar-refractivity contribution in [1.29, 1.82) is 0 Å². The maximum absolute atomic E-state index is 11.8. The standard InChI is InChI=1S/C11H23N3O/c1-3-4-7-14(9-6-12)10-5-8-13(2)11(10)15/h10H,3-9,12H2,1-2H3. The Morgan fingerprint density at radius 3 is 2.73 bits per heavy atom. The summed E-state index contributed by atoms with van der Waals surface area (Å²) in [6.45, 7) is 5.53. The Morgan fingerprint density at radius 2 is 2.27 bits per heavy atom. The first kappa shape index (κ1) is 12.5. The van der Waals surface area contributed by atoms with Crippen LogP contribution in [0.4, 0.5) is 0 Å². The van der Waals surface area contributed by atoms with Crippen LogP contribution in [0.2, 0.25) is 0 Å². The van der Waals surface area contributed by atoms with Crippen molar-refractivity contribution in [2.45, 2.75) is 32.2 Å². The molecule has 4 nitrogen and oxygen atoms in total. The van der Waals surface area contributed by atoms with Crippen LogP contribution in [0.15, 0.2) is 0 Å². The van der Waals surface area contributed by atoms with Crippen LogP contribution >= 0.6 is 0 Å². The van der Waals surface area contributed by atoms with Gasteiger partial charge in [0.25, 0.3) is 0 Å². The van der Waals surface area contributed by atoms with Crippen LogP contribution in [-0.4, -0.2) is 55.0 Å². The van der Waals surface area contributed by atoms with Gasteiger partial charge in [0, 0.05) is 26.7 Å². The third-order valence-corrected chi connectivity index (χ3v) is 3.06. The second-order valence-electron chi connectivity index (χ2n) is 4.24. The van der Waals surface area contributed by atoms with E-state index < -0.39 is 0 Å². The summed E-state index contributed by atoms with van der Waals surface area (Å²) in [6, 6.07) is 0.0881. The van der Waals surface area contributed by atoms with Gasteiger partial charge in [-0.3, -0.25) is 9.69 Å². The molecule has 1 amide bonds. The molecule has 15 heavy (non-hydrogen) atoms. The Hall–Kier alpha value is -0.610. The monoisotopic (exact) mass is 213 g/mol. The molecule has 1 aliphatic rings. The van der Waals surface area contributed by atoms with E-state index >= 15 is 0 Å². The van der Waals surface area contributed by atoms with E-state index in [2.05, 4.69) is 11.8 Å². The maximum atomic E-state index is 11.8. The number of carbonyl (C=O) groups is 1. The van der Waals surface area contributed by atoms with Gasteiger partial charge in [-0.15, -0.1) is 0 Å². The Balaban J connectivity index is 2.51. The van der Waals surface area contributed by atoms with Crippen molar-refractivity contribution in [3.8, 4) is 0 Å². The zero-order chi connectivity index (χ0) is 11.3. The van der Waals surface area contributed by atoms with Crippen molar-refractivity contribution < 1.29 is 4.79 Å². The molecule has 0 bridgehead atoms. The fraction of sp³-hybridized carbons (Fsp3) is 0.909. The molecule has 1 unspecified atom stereocenters. The van der Waals surface area contributed by atoms with Gasteiger partial charge in [0.15, 0.2) is 0 Å². The van der Waals surface area contributed by atoms with E-state index in [0.29, 0.717) is 6.54 Å². The fourth-order valence-corrected chi connectivity index (χ4v) is 2.09. The van der Waals surface area contributed by atoms with Crippen LogP contribution in [0.5, 0.6) is 0 Å². The van der Waals surface area contributed by atoms with Crippen LogP contribution in [0, 0.1) is 0 Å². The molecular formula is C11H23N3O. The summed E-state index contributed by atoms with van der Waals surface area (Å²) in [5, 5.41) is 0. The number of rotatable bonds is 6. The zero-order valence-electron chi connectivity index (χ0n) is 9.91. The molecule has 0 aromatic heterocycles. The number of carbonyl (C=O) groups excluding carboxylic acids is 1. The number of hydrogen-bond donors (Lipinski definition) is 1. The number of nitrogens with zero attached hydrogens (tertiary/aromatic N) is 2. The minimum atomic E-state index is 0.0881. The smallest absolute Gasteiger partial charge is 0.239 e. The number of unbranched alkanes of at least 4 members (excludes halogenated alkanes) is 1. The summed E-state index contributed by atoms with van der Waals surface area (Å²) in [4.78, 5) is 15.9. The van der Waals surface area contributed by atoms with Gasteiger partial charge in [-0.2, -0.15) is 0 Å². The first-order chi connectivity index (χ1) is 7.20. The topological polar surface area (TPSA) is 49.6 Å². The zero-order valence-corrected chi connectivity index (χ0v) is 9.91. The van der Waals surface area contributed by atoms with E-state index in [1.807, 2.05) is 11.9 Å². The Kier molecular flexibility index (Phi) is 5.05. The molecule has 1 atom stereocenters. The first-order valence-electron chi connectivity index (χ1n) is 5.89. The summed E-state index contributed by atoms with van der Waals surface area (Å²) in [5.74, 6) is 0.263. The van der Waals surface area contributed by atoms with Crippen molar-refractivity contribution in [2.75, 3.05) is 33.2 Å². The lowest BCUT2D eigenvalue weighted by atomic mass is 10.2. The Bertz CT molecular complexity index is 208. The molecule has 1 fully saturated rings. The van der Waals surface area contributed by atoms with Crippen LogP contribution in [-0.2, 0) is 4.79 Å². The van der Waals surface area contributed by atoms with Crippen molar-refractivity contribution in [3.05, 3.63) is 0 Å². The third kappa shape index (κ3) is 3.18. The molecule has 1 aliphatic heterocycles. The van der Waals surface area contributed by atoms with Gasteiger partial charge < -0.3 is 10.6 Å². The van der Waals surface area contributed by atoms with Gasteiger partial charge >= 0.3 is 0 Å². The second-order valence-corrected chi connectivity index (χ2v) is 4.24. The van der Waals surface area contributed by atoms with Gasteiger partial charge in [-0.25, -0.2) is 0 Å². The van der Waals surface area contributed by atoms with E-state index in [-0.39, 0.29) is 11.9 Å². The maximum Gasteiger partial charge on any atom is 0.239 e. The number of likely N-dealkylation sites (tertiary alicyclic amines) is 1. The summed E-state index contributed by atoms with van der Waals surface area (Å²) < 4.78 is 0. The summed E-state index contributed by atoms with van der Waals surface area (Å²) >= 11 is 0. The fourth-order valence-electron chi connectivity index (χ4n) is 2.09. The minimum absolute atomic E-state index is 0.0881. The molecule has 0 aromatic carbocycles. The normalized spacial score (nSPS) is 21.7. The van der Waals surface area contributed by atoms with Crippen LogP contribution < -0.4 is 5.73 Å². The van der Waals surface area contributed by atoms with E-state index in [1.165, 1.54) is 0 Å². The van der Waals surface area contributed by atoms with E-state index in [4.69, 9.17) is 5.73 Å². The number of amides is 1. The Labute approximate surface area is 92.4 Å². The van der Waals surface area contributed by atoms with Crippen LogP contribution in [0.1, 0.15) is 26.2 Å². The van der Waals surface area contributed by atoms with Crippen LogP contribution in [0.3, 0.4) is 0 Å². The van der Waals surface area contributed by atoms with Crippen molar-refractivity contribution in [1.82, 2.24) is 9.80 Å². The van der Waals surface area contributed by atoms with Gasteiger partial charge in [-0.1, -0.05) is 13.3 Å². The summed E-state index contributed by atoms with van der Waals surface area (Å²) in [6.07, 6.45) is 3.27. The largest absolute Gasteiger partial charge is 0.344 e. The summed E-state index contributed by atoms with van der Waals surface area (Å²) in [5.41, 5.74) is 5.58. The lowest BCUT2D eigenvalue weighted by Crippen LogP contribution is -2.43. The molecule has 0 aromatic rings. The molecule has 0 saturated carbocycles. The van der Waals surface area contributed by atoms with E-state index in [1.54, 1.807) is 0 Å². The quantitative estimate of drug-likeness (QED) is 0.689. The highest BCUT2D eigenvalue weighted by molar-refractivity contribution is 5.83. The van der Waals surface area contributed by atoms with Crippen molar-refractivity contribution in [3.63, 3.8) is 0 Å². The molecule has 4 heteroatoms. The molecule has 0 spiro atoms. The SMILES string of the molecule is CCCCN(CCN)C1CCN(C)C1=O. The Morgan fingerprint density at radius 1 is 1.53 bits per heavy atom. The van der Waals surface area contributed by atoms with Gasteiger partial charge in [0.2, 0.25) is 5.91 Å². The molecule has 1 saturated heterocycles. The average Bonchev–Trinajstić information content (AvgIpc) is 2.55. The molecule has 0 aliphatic carbocycles. The lowest BCUT2D eigenvalue weighted by molar-refractivity contribution is -0.131. The van der Waals surface area contributed by atoms with Gasteiger partial charge in [0.05, 0.1) is 6.04 Å². The molecule has 88 valence electrons. The third-order valence-electron chi connectivity index (χ3n) is 3.06. The molecule has 0 radical (unpaired) electrons. The van der Waals surface area contributed by atoms with E-state index in [9.17, 15) is 4.79 Å². The number of likely N-dealkylation sites (N-methyl/N-ethyl adjacent to an activating group) is 1. The summed E-state index contributed by atoms with van der Waals surface area (Å²) in [7, 11) is 1.88. The lowest BCUT2D eigenvalue weighted by Gasteiger charge is -2.26. The van der Waals surface area contributed by atoms with Gasteiger partial charge in [0.1, 0.15) is 0 Å². The molecular weight excluding hydrogens is 190 g/mol. The highest BCUT2D eigenvalue weighted by atomic mass is 16.2. The minimum Gasteiger partial charge on any atom is -0.344 e. The van der Waals surface area contributed by atoms with E-state index in [0.717, 1.165) is 38.9 Å². The number of nitrogens with two attached hydrogens (primary N) is 1. The predicted molar refractivity (Wildman–Crippen MR) is 61.6 cm³/mol.